The van der Waals surface area contributed by atoms with Gasteiger partial charge < -0.3 is 20.8 Å². The number of imidazole rings is 1. The Balaban J connectivity index is 1.51. The van der Waals surface area contributed by atoms with Crippen LogP contribution in [0.2, 0.25) is 0 Å². The van der Waals surface area contributed by atoms with Gasteiger partial charge in [0.15, 0.2) is 0 Å². The molecule has 12 heteroatoms. The normalized spacial score (nSPS) is 11.4. The summed E-state index contributed by atoms with van der Waals surface area (Å²) in [6.45, 7) is 1.61. The number of nitrogen functional groups attached to an aromatic ring is 1. The molecule has 5 N–H and O–H groups in total. The topological polar surface area (TPSA) is 167 Å². The van der Waals surface area contributed by atoms with Crippen molar-refractivity contribution < 1.29 is 17.9 Å². The number of anilines is 2. The number of para-hydroxylation sites is 1. The fraction of sp³-hybridized carbons (Fsp3) is 0.143. The SMILES string of the molecule is COC(=O)CN(c1ccc2[nH]c(CNc3ccc(C(=N)N)cc3)nc2c1C)S(=O)(=O)c1cccc2cccnc12. The molecule has 0 saturated heterocycles. The lowest BCUT2D eigenvalue weighted by Crippen LogP contribution is -2.37. The molecule has 0 bridgehead atoms. The number of methoxy groups -OCH3 is 1. The van der Waals surface area contributed by atoms with E-state index >= 15 is 0 Å². The van der Waals surface area contributed by atoms with Crippen LogP contribution in [0.15, 0.2) is 77.8 Å². The molecule has 0 aliphatic carbocycles. The quantitative estimate of drug-likeness (QED) is 0.121. The van der Waals surface area contributed by atoms with Crippen LogP contribution in [0.1, 0.15) is 17.0 Å². The third-order valence-electron chi connectivity index (χ3n) is 6.52. The average molecular weight is 558 g/mol. The number of fused-ring (bicyclic) bond motifs is 2. The highest BCUT2D eigenvalue weighted by molar-refractivity contribution is 7.93. The molecular formula is C28H27N7O4S. The van der Waals surface area contributed by atoms with Crippen LogP contribution < -0.4 is 15.4 Å². The molecule has 0 aliphatic rings. The number of nitrogens with one attached hydrogen (secondary N) is 3. The number of carbonyl (C=O) groups is 1. The minimum absolute atomic E-state index is 0.00455. The van der Waals surface area contributed by atoms with E-state index < -0.39 is 22.5 Å². The Kier molecular flexibility index (Phi) is 7.09. The van der Waals surface area contributed by atoms with Crippen molar-refractivity contribution in [1.29, 1.82) is 5.41 Å². The van der Waals surface area contributed by atoms with Crippen LogP contribution >= 0.6 is 0 Å². The summed E-state index contributed by atoms with van der Waals surface area (Å²) in [5.41, 5.74) is 9.44. The predicted octanol–water partition coefficient (Wildman–Crippen LogP) is 3.68. The Labute approximate surface area is 230 Å². The van der Waals surface area contributed by atoms with Crippen LogP contribution in [0, 0.1) is 12.3 Å². The van der Waals surface area contributed by atoms with Gasteiger partial charge in [-0.05, 0) is 55.5 Å². The molecule has 0 spiro atoms. The van der Waals surface area contributed by atoms with Gasteiger partial charge in [-0.1, -0.05) is 18.2 Å². The first-order valence-corrected chi connectivity index (χ1v) is 13.7. The summed E-state index contributed by atoms with van der Waals surface area (Å²) in [5, 5.41) is 11.4. The molecule has 5 aromatic rings. The summed E-state index contributed by atoms with van der Waals surface area (Å²) in [5.74, 6) is -0.0828. The monoisotopic (exact) mass is 557 g/mol. The second-order valence-corrected chi connectivity index (χ2v) is 10.9. The van der Waals surface area contributed by atoms with Gasteiger partial charge >= 0.3 is 5.97 Å². The van der Waals surface area contributed by atoms with Gasteiger partial charge in [0.1, 0.15) is 23.1 Å². The highest BCUT2D eigenvalue weighted by atomic mass is 32.2. The summed E-state index contributed by atoms with van der Waals surface area (Å²) >= 11 is 0. The number of H-pyrrole nitrogens is 1. The molecule has 0 amide bonds. The first-order valence-electron chi connectivity index (χ1n) is 12.3. The molecule has 0 atom stereocenters. The van der Waals surface area contributed by atoms with Crippen LogP contribution in [0.3, 0.4) is 0 Å². The smallest absolute Gasteiger partial charge is 0.326 e. The molecule has 2 aromatic heterocycles. The van der Waals surface area contributed by atoms with Gasteiger partial charge in [0.05, 0.1) is 35.9 Å². The second kappa shape index (κ2) is 10.7. The summed E-state index contributed by atoms with van der Waals surface area (Å²) in [7, 11) is -3.02. The molecule has 11 nitrogen and oxygen atoms in total. The van der Waals surface area contributed by atoms with E-state index in [0.29, 0.717) is 51.1 Å². The zero-order valence-corrected chi connectivity index (χ0v) is 22.6. The molecule has 0 saturated carbocycles. The van der Waals surface area contributed by atoms with Crippen molar-refractivity contribution in [3.63, 3.8) is 0 Å². The number of hydrogen-bond acceptors (Lipinski definition) is 8. The van der Waals surface area contributed by atoms with Crippen LogP contribution in [0.4, 0.5) is 11.4 Å². The maximum atomic E-state index is 14.0. The standard InChI is InChI=1S/C28H27N7O4S/c1-17-22(13-12-21-26(17)34-24(33-21)15-32-20-10-8-19(9-11-20)28(29)30)35(16-25(36)39-2)40(37,38)23-7-3-5-18-6-4-14-31-27(18)23/h3-14,32H,15-16H2,1-2H3,(H3,29,30)(H,33,34). The molecule has 0 radical (unpaired) electrons. The zero-order chi connectivity index (χ0) is 28.4. The maximum absolute atomic E-state index is 14.0. The number of benzene rings is 3. The number of rotatable bonds is 9. The minimum atomic E-state index is -4.23. The highest BCUT2D eigenvalue weighted by Gasteiger charge is 2.31. The molecule has 2 heterocycles. The number of nitrogens with zero attached hydrogens (tertiary/aromatic N) is 3. The van der Waals surface area contributed by atoms with Crippen molar-refractivity contribution in [2.24, 2.45) is 5.73 Å². The third kappa shape index (κ3) is 5.04. The summed E-state index contributed by atoms with van der Waals surface area (Å²) in [6.07, 6.45) is 1.53. The van der Waals surface area contributed by atoms with Crippen LogP contribution in [-0.4, -0.2) is 48.8 Å². The molecule has 0 unspecified atom stereocenters. The molecule has 40 heavy (non-hydrogen) atoms. The van der Waals surface area contributed by atoms with Crippen LogP contribution in [0.5, 0.6) is 0 Å². The number of aromatic amines is 1. The van der Waals surface area contributed by atoms with E-state index in [-0.39, 0.29) is 10.7 Å². The molecule has 5 rings (SSSR count). The Hall–Kier alpha value is -4.97. The second-order valence-electron chi connectivity index (χ2n) is 9.05. The fourth-order valence-electron chi connectivity index (χ4n) is 4.44. The number of aromatic nitrogens is 3. The number of carbonyl (C=O) groups excluding carboxylic acids is 1. The number of hydrogen-bond donors (Lipinski definition) is 4. The van der Waals surface area contributed by atoms with Crippen molar-refractivity contribution in [2.75, 3.05) is 23.3 Å². The first-order chi connectivity index (χ1) is 19.2. The van der Waals surface area contributed by atoms with Crippen molar-refractivity contribution in [2.45, 2.75) is 18.4 Å². The lowest BCUT2D eigenvalue weighted by molar-refractivity contribution is -0.138. The van der Waals surface area contributed by atoms with Crippen molar-refractivity contribution >= 4 is 55.1 Å². The fourth-order valence-corrected chi connectivity index (χ4v) is 6.08. The van der Waals surface area contributed by atoms with E-state index in [0.717, 1.165) is 9.99 Å². The van der Waals surface area contributed by atoms with Gasteiger partial charge in [-0.3, -0.25) is 19.5 Å². The van der Waals surface area contributed by atoms with E-state index in [2.05, 4.69) is 15.3 Å². The Bertz CT molecular complexity index is 1850. The third-order valence-corrected chi connectivity index (χ3v) is 8.31. The molecule has 3 aromatic carbocycles. The van der Waals surface area contributed by atoms with Gasteiger partial charge in [0.2, 0.25) is 0 Å². The van der Waals surface area contributed by atoms with E-state index in [4.69, 9.17) is 20.9 Å². The maximum Gasteiger partial charge on any atom is 0.326 e. The lowest BCUT2D eigenvalue weighted by atomic mass is 10.1. The Morgan fingerprint density at radius 2 is 1.82 bits per heavy atom. The largest absolute Gasteiger partial charge is 0.468 e. The van der Waals surface area contributed by atoms with Gasteiger partial charge in [0.25, 0.3) is 10.0 Å². The molecule has 0 aliphatic heterocycles. The van der Waals surface area contributed by atoms with E-state index in [1.165, 1.54) is 19.4 Å². The Morgan fingerprint density at radius 3 is 2.55 bits per heavy atom. The van der Waals surface area contributed by atoms with E-state index in [1.54, 1.807) is 55.5 Å². The number of sulfonamides is 1. The van der Waals surface area contributed by atoms with Crippen LogP contribution in [-0.2, 0) is 26.1 Å². The number of pyridine rings is 1. The average Bonchev–Trinajstić information content (AvgIpc) is 3.39. The van der Waals surface area contributed by atoms with Gasteiger partial charge in [-0.2, -0.15) is 0 Å². The number of aryl methyl sites for hydroxylation is 1. The Morgan fingerprint density at radius 1 is 1.07 bits per heavy atom. The predicted molar refractivity (Wildman–Crippen MR) is 154 cm³/mol. The first kappa shape index (κ1) is 26.6. The van der Waals surface area contributed by atoms with Gasteiger partial charge in [-0.25, -0.2) is 13.4 Å². The van der Waals surface area contributed by atoms with E-state index in [9.17, 15) is 13.2 Å². The van der Waals surface area contributed by atoms with Crippen molar-refractivity contribution in [3.05, 3.63) is 89.9 Å². The summed E-state index contributed by atoms with van der Waals surface area (Å²) < 4.78 is 34.0. The van der Waals surface area contributed by atoms with Gasteiger partial charge in [0, 0.05) is 28.4 Å². The number of esters is 1. The minimum Gasteiger partial charge on any atom is -0.468 e. The molecule has 204 valence electrons. The van der Waals surface area contributed by atoms with Gasteiger partial charge in [-0.15, -0.1) is 0 Å². The summed E-state index contributed by atoms with van der Waals surface area (Å²) in [4.78, 5) is 24.6. The molecule has 0 fully saturated rings. The van der Waals surface area contributed by atoms with Crippen LogP contribution in [0.25, 0.3) is 21.9 Å². The van der Waals surface area contributed by atoms with E-state index in [1.807, 2.05) is 12.1 Å². The van der Waals surface area contributed by atoms with Crippen molar-refractivity contribution in [1.82, 2.24) is 15.0 Å². The number of amidine groups is 1. The number of ether oxygens (including phenoxy) is 1. The molecular weight excluding hydrogens is 530 g/mol. The summed E-state index contributed by atoms with van der Waals surface area (Å²) in [6, 6.07) is 18.9. The van der Waals surface area contributed by atoms with Crippen molar-refractivity contribution in [3.8, 4) is 0 Å². The number of nitrogens with two attached hydrogens (primary N) is 1. The lowest BCUT2D eigenvalue weighted by Gasteiger charge is -2.25. The zero-order valence-electron chi connectivity index (χ0n) is 21.8. The highest BCUT2D eigenvalue weighted by Crippen LogP contribution is 2.33.